The van der Waals surface area contributed by atoms with Gasteiger partial charge in [-0.05, 0) is 41.5 Å². The fraction of sp³-hybridized carbons (Fsp3) is 0.118. The highest BCUT2D eigenvalue weighted by Gasteiger charge is 2.17. The number of nitrogens with one attached hydrogen (secondary N) is 1. The van der Waals surface area contributed by atoms with E-state index in [0.29, 0.717) is 11.1 Å². The van der Waals surface area contributed by atoms with Gasteiger partial charge in [0.25, 0.3) is 0 Å². The molecule has 0 atom stereocenters. The SMILES string of the molecule is CS(=O)(=O)c1ccc(-c2c[nH]c3cc(F)ccc23)cc1CC(=O)O. The summed E-state index contributed by atoms with van der Waals surface area (Å²) in [6.45, 7) is 0. The highest BCUT2D eigenvalue weighted by Crippen LogP contribution is 2.31. The van der Waals surface area contributed by atoms with Crippen LogP contribution in [0.4, 0.5) is 4.39 Å². The fourth-order valence-electron chi connectivity index (χ4n) is 2.75. The molecule has 24 heavy (non-hydrogen) atoms. The summed E-state index contributed by atoms with van der Waals surface area (Å²) in [5.74, 6) is -1.48. The molecule has 0 aliphatic carbocycles. The molecule has 0 spiro atoms. The fourth-order valence-corrected chi connectivity index (χ4v) is 3.67. The molecule has 5 nitrogen and oxygen atoms in total. The Kier molecular flexibility index (Phi) is 3.88. The number of sulfone groups is 1. The second-order valence-electron chi connectivity index (χ2n) is 5.56. The standard InChI is InChI=1S/C17H14FNO4S/c1-24(22,23)16-5-2-10(6-11(16)7-17(20)21)14-9-19-15-8-12(18)3-4-13(14)15/h2-6,8-9,19H,7H2,1H3,(H,20,21). The van der Waals surface area contributed by atoms with E-state index in [2.05, 4.69) is 4.98 Å². The molecule has 7 heteroatoms. The van der Waals surface area contributed by atoms with Crippen LogP contribution in [-0.4, -0.2) is 30.7 Å². The van der Waals surface area contributed by atoms with E-state index in [9.17, 15) is 17.6 Å². The summed E-state index contributed by atoms with van der Waals surface area (Å²) in [5, 5.41) is 9.81. The molecule has 0 aliphatic rings. The first-order chi connectivity index (χ1) is 11.3. The number of carbonyl (C=O) groups is 1. The van der Waals surface area contributed by atoms with Gasteiger partial charge in [-0.1, -0.05) is 6.07 Å². The Morgan fingerprint density at radius 3 is 2.62 bits per heavy atom. The van der Waals surface area contributed by atoms with Crippen molar-refractivity contribution in [1.29, 1.82) is 0 Å². The maximum Gasteiger partial charge on any atom is 0.307 e. The van der Waals surface area contributed by atoms with Gasteiger partial charge in [0.2, 0.25) is 0 Å². The summed E-state index contributed by atoms with van der Waals surface area (Å²) in [7, 11) is -3.53. The van der Waals surface area contributed by atoms with Crippen LogP contribution in [0.3, 0.4) is 0 Å². The molecule has 3 aromatic rings. The number of halogens is 1. The Labute approximate surface area is 137 Å². The number of aliphatic carboxylic acids is 1. The molecule has 1 aromatic heterocycles. The lowest BCUT2D eigenvalue weighted by Crippen LogP contribution is -2.07. The lowest BCUT2D eigenvalue weighted by molar-refractivity contribution is -0.136. The molecule has 0 saturated heterocycles. The van der Waals surface area contributed by atoms with Crippen LogP contribution in [0.5, 0.6) is 0 Å². The van der Waals surface area contributed by atoms with Gasteiger partial charge in [0.05, 0.1) is 11.3 Å². The first kappa shape index (κ1) is 16.2. The van der Waals surface area contributed by atoms with Crippen molar-refractivity contribution in [3.63, 3.8) is 0 Å². The predicted octanol–water partition coefficient (Wildman–Crippen LogP) is 3.00. The van der Waals surface area contributed by atoms with E-state index in [1.165, 1.54) is 18.2 Å². The van der Waals surface area contributed by atoms with Crippen molar-refractivity contribution < 1.29 is 22.7 Å². The van der Waals surface area contributed by atoms with Crippen molar-refractivity contribution in [3.8, 4) is 11.1 Å². The van der Waals surface area contributed by atoms with Crippen molar-refractivity contribution in [2.75, 3.05) is 6.26 Å². The summed E-state index contributed by atoms with van der Waals surface area (Å²) in [4.78, 5) is 14.0. The normalized spacial score (nSPS) is 11.8. The Morgan fingerprint density at radius 2 is 1.96 bits per heavy atom. The van der Waals surface area contributed by atoms with Gasteiger partial charge in [0.1, 0.15) is 5.82 Å². The van der Waals surface area contributed by atoms with Crippen molar-refractivity contribution in [1.82, 2.24) is 4.98 Å². The van der Waals surface area contributed by atoms with Crippen LogP contribution >= 0.6 is 0 Å². The zero-order chi connectivity index (χ0) is 17.5. The number of benzene rings is 2. The molecule has 3 rings (SSSR count). The summed E-state index contributed by atoms with van der Waals surface area (Å²) in [6, 6.07) is 8.90. The number of carboxylic acids is 1. The number of rotatable bonds is 4. The molecule has 0 fully saturated rings. The quantitative estimate of drug-likeness (QED) is 0.759. The average Bonchev–Trinajstić information content (AvgIpc) is 2.88. The topological polar surface area (TPSA) is 87.2 Å². The Hall–Kier alpha value is -2.67. The largest absolute Gasteiger partial charge is 0.481 e. The molecule has 2 N–H and O–H groups in total. The predicted molar refractivity (Wildman–Crippen MR) is 88.1 cm³/mol. The van der Waals surface area contributed by atoms with E-state index < -0.39 is 22.2 Å². The number of H-pyrrole nitrogens is 1. The molecular formula is C17H14FNO4S. The number of hydrogen-bond donors (Lipinski definition) is 2. The zero-order valence-electron chi connectivity index (χ0n) is 12.7. The molecule has 0 bridgehead atoms. The molecule has 124 valence electrons. The van der Waals surface area contributed by atoms with Crippen molar-refractivity contribution in [2.45, 2.75) is 11.3 Å². The van der Waals surface area contributed by atoms with Gasteiger partial charge in [-0.15, -0.1) is 0 Å². The van der Waals surface area contributed by atoms with Gasteiger partial charge in [-0.3, -0.25) is 4.79 Å². The van der Waals surface area contributed by atoms with E-state index in [1.807, 2.05) is 0 Å². The van der Waals surface area contributed by atoms with E-state index in [0.717, 1.165) is 17.2 Å². The van der Waals surface area contributed by atoms with Crippen LogP contribution in [0.2, 0.25) is 0 Å². The second-order valence-corrected chi connectivity index (χ2v) is 7.54. The van der Waals surface area contributed by atoms with Gasteiger partial charge in [0.15, 0.2) is 9.84 Å². The van der Waals surface area contributed by atoms with E-state index in [4.69, 9.17) is 5.11 Å². The second kappa shape index (κ2) is 5.76. The monoisotopic (exact) mass is 347 g/mol. The number of aromatic nitrogens is 1. The van der Waals surface area contributed by atoms with Crippen LogP contribution in [0.15, 0.2) is 47.5 Å². The third-order valence-corrected chi connectivity index (χ3v) is 4.95. The van der Waals surface area contributed by atoms with Gasteiger partial charge in [-0.2, -0.15) is 0 Å². The van der Waals surface area contributed by atoms with Gasteiger partial charge in [0, 0.05) is 28.9 Å². The molecular weight excluding hydrogens is 333 g/mol. The van der Waals surface area contributed by atoms with Crippen molar-refractivity contribution in [3.05, 3.63) is 54.0 Å². The molecule has 0 radical (unpaired) electrons. The number of carboxylic acid groups (broad SMARTS) is 1. The zero-order valence-corrected chi connectivity index (χ0v) is 13.5. The van der Waals surface area contributed by atoms with Gasteiger partial charge < -0.3 is 10.1 Å². The third kappa shape index (κ3) is 3.03. The molecule has 0 aliphatic heterocycles. The minimum atomic E-state index is -3.53. The lowest BCUT2D eigenvalue weighted by atomic mass is 10.0. The minimum absolute atomic E-state index is 0.000430. The summed E-state index contributed by atoms with van der Waals surface area (Å²) < 4.78 is 37.0. The maximum atomic E-state index is 13.3. The van der Waals surface area contributed by atoms with Crippen LogP contribution in [0.25, 0.3) is 22.0 Å². The Bertz CT molecular complexity index is 1050. The smallest absolute Gasteiger partial charge is 0.307 e. The summed E-state index contributed by atoms with van der Waals surface area (Å²) in [5.41, 5.74) is 2.24. The third-order valence-electron chi connectivity index (χ3n) is 3.76. The summed E-state index contributed by atoms with van der Waals surface area (Å²) in [6.07, 6.45) is 2.33. The van der Waals surface area contributed by atoms with Crippen molar-refractivity contribution in [2.24, 2.45) is 0 Å². The van der Waals surface area contributed by atoms with Crippen LogP contribution in [0, 0.1) is 5.82 Å². The highest BCUT2D eigenvalue weighted by molar-refractivity contribution is 7.90. The molecule has 1 heterocycles. The first-order valence-corrected chi connectivity index (χ1v) is 8.96. The van der Waals surface area contributed by atoms with Crippen molar-refractivity contribution >= 4 is 26.7 Å². The van der Waals surface area contributed by atoms with Gasteiger partial charge in [-0.25, -0.2) is 12.8 Å². The number of fused-ring (bicyclic) bond motifs is 1. The lowest BCUT2D eigenvalue weighted by Gasteiger charge is -2.09. The van der Waals surface area contributed by atoms with E-state index in [-0.39, 0.29) is 16.3 Å². The van der Waals surface area contributed by atoms with Crippen LogP contribution in [0.1, 0.15) is 5.56 Å². The van der Waals surface area contributed by atoms with Crippen LogP contribution < -0.4 is 0 Å². The van der Waals surface area contributed by atoms with E-state index in [1.54, 1.807) is 24.4 Å². The molecule has 0 saturated carbocycles. The van der Waals surface area contributed by atoms with Crippen LogP contribution in [-0.2, 0) is 21.1 Å². The Morgan fingerprint density at radius 1 is 1.21 bits per heavy atom. The first-order valence-electron chi connectivity index (χ1n) is 7.07. The Balaban J connectivity index is 2.19. The molecule has 0 unspecified atom stereocenters. The number of hydrogen-bond acceptors (Lipinski definition) is 3. The number of aromatic amines is 1. The minimum Gasteiger partial charge on any atom is -0.481 e. The highest BCUT2D eigenvalue weighted by atomic mass is 32.2. The average molecular weight is 347 g/mol. The summed E-state index contributed by atoms with van der Waals surface area (Å²) >= 11 is 0. The molecule has 2 aromatic carbocycles. The van der Waals surface area contributed by atoms with Gasteiger partial charge >= 0.3 is 5.97 Å². The van der Waals surface area contributed by atoms with E-state index >= 15 is 0 Å². The maximum absolute atomic E-state index is 13.3. The molecule has 0 amide bonds.